The number of carbonyl (C=O) groups excluding carboxylic acids is 2. The number of nitrogens with one attached hydrogen (secondary N) is 1. The molecule has 26 heavy (non-hydrogen) atoms. The average Bonchev–Trinajstić information content (AvgIpc) is 2.95. The number of aryl methyl sites for hydroxylation is 1. The number of para-hydroxylation sites is 1. The Bertz CT molecular complexity index is 958. The summed E-state index contributed by atoms with van der Waals surface area (Å²) in [5.74, 6) is -0.676. The Morgan fingerprint density at radius 3 is 2.54 bits per heavy atom. The summed E-state index contributed by atoms with van der Waals surface area (Å²) >= 11 is 0. The first-order valence-corrected chi connectivity index (χ1v) is 9.06. The van der Waals surface area contributed by atoms with Crippen LogP contribution >= 0.6 is 0 Å². The molecule has 5 heteroatoms. The van der Waals surface area contributed by atoms with Crippen molar-refractivity contribution in [3.63, 3.8) is 0 Å². The second-order valence-corrected chi connectivity index (χ2v) is 6.36. The van der Waals surface area contributed by atoms with E-state index in [9.17, 15) is 9.59 Å². The Balaban J connectivity index is 1.86. The number of amides is 1. The van der Waals surface area contributed by atoms with Crippen molar-refractivity contribution in [2.24, 2.45) is 0 Å². The van der Waals surface area contributed by atoms with E-state index in [1.807, 2.05) is 37.3 Å². The number of benzene rings is 2. The van der Waals surface area contributed by atoms with E-state index in [0.717, 1.165) is 22.8 Å². The molecule has 0 saturated heterocycles. The van der Waals surface area contributed by atoms with Crippen molar-refractivity contribution < 1.29 is 14.3 Å². The normalized spacial score (nSPS) is 12.3. The maximum Gasteiger partial charge on any atom is 0.306 e. The number of carbonyl (C=O) groups is 2. The number of esters is 1. The van der Waals surface area contributed by atoms with Crippen LogP contribution in [0.3, 0.4) is 0 Å². The Labute approximate surface area is 152 Å². The molecule has 0 aliphatic carbocycles. The van der Waals surface area contributed by atoms with Gasteiger partial charge in [-0.2, -0.15) is 0 Å². The van der Waals surface area contributed by atoms with Crippen LogP contribution in [0, 0.1) is 0 Å². The van der Waals surface area contributed by atoms with Crippen LogP contribution in [0.1, 0.15) is 33.6 Å². The average molecular weight is 352 g/mol. The van der Waals surface area contributed by atoms with Gasteiger partial charge < -0.3 is 14.6 Å². The zero-order chi connectivity index (χ0) is 18.7. The molecule has 0 spiro atoms. The Morgan fingerprint density at radius 1 is 1.08 bits per heavy atom. The lowest BCUT2D eigenvalue weighted by molar-refractivity contribution is -0.153. The third-order valence-corrected chi connectivity index (χ3v) is 4.49. The molecule has 0 radical (unpaired) electrons. The smallest absolute Gasteiger partial charge is 0.306 e. The zero-order valence-electron chi connectivity index (χ0n) is 15.4. The Morgan fingerprint density at radius 2 is 1.81 bits per heavy atom. The number of anilines is 1. The molecule has 5 nitrogen and oxygen atoms in total. The molecule has 0 fully saturated rings. The summed E-state index contributed by atoms with van der Waals surface area (Å²) < 4.78 is 7.40. The molecule has 3 rings (SSSR count). The van der Waals surface area contributed by atoms with Crippen LogP contribution in [0.5, 0.6) is 0 Å². The molecule has 2 aromatic carbocycles. The van der Waals surface area contributed by atoms with Crippen molar-refractivity contribution in [3.05, 3.63) is 42.5 Å². The Hall–Kier alpha value is -2.82. The number of hydrogen-bond acceptors (Lipinski definition) is 3. The van der Waals surface area contributed by atoms with E-state index < -0.39 is 6.10 Å². The molecular formula is C21H24N2O3. The van der Waals surface area contributed by atoms with Crippen molar-refractivity contribution in [1.29, 1.82) is 0 Å². The molecule has 0 saturated carbocycles. The van der Waals surface area contributed by atoms with Crippen LogP contribution in [-0.4, -0.2) is 22.5 Å². The van der Waals surface area contributed by atoms with Gasteiger partial charge >= 0.3 is 5.97 Å². The van der Waals surface area contributed by atoms with Gasteiger partial charge in [-0.25, -0.2) is 0 Å². The molecule has 0 bridgehead atoms. The van der Waals surface area contributed by atoms with E-state index in [4.69, 9.17) is 4.74 Å². The highest BCUT2D eigenvalue weighted by atomic mass is 16.5. The Kier molecular flexibility index (Phi) is 5.26. The van der Waals surface area contributed by atoms with Gasteiger partial charge in [0.1, 0.15) is 0 Å². The fraction of sp³-hybridized carbons (Fsp3) is 0.333. The first-order valence-electron chi connectivity index (χ1n) is 9.06. The fourth-order valence-electron chi connectivity index (χ4n) is 3.23. The van der Waals surface area contributed by atoms with Gasteiger partial charge in [0.05, 0.1) is 0 Å². The monoisotopic (exact) mass is 352 g/mol. The van der Waals surface area contributed by atoms with Crippen LogP contribution in [0.4, 0.5) is 5.69 Å². The molecule has 1 amide bonds. The van der Waals surface area contributed by atoms with Crippen molar-refractivity contribution >= 4 is 39.4 Å². The highest BCUT2D eigenvalue weighted by Crippen LogP contribution is 2.31. The van der Waals surface area contributed by atoms with Gasteiger partial charge in [0.25, 0.3) is 5.91 Å². The topological polar surface area (TPSA) is 60.3 Å². The van der Waals surface area contributed by atoms with Crippen LogP contribution in [0.25, 0.3) is 21.8 Å². The summed E-state index contributed by atoms with van der Waals surface area (Å²) in [6, 6.07) is 14.1. The van der Waals surface area contributed by atoms with Gasteiger partial charge in [-0.1, -0.05) is 25.1 Å². The molecule has 1 aromatic heterocycles. The lowest BCUT2D eigenvalue weighted by Crippen LogP contribution is -2.29. The minimum atomic E-state index is -0.818. The van der Waals surface area contributed by atoms with E-state index in [-0.39, 0.29) is 11.9 Å². The lowest BCUT2D eigenvalue weighted by atomic mass is 10.1. The summed E-state index contributed by atoms with van der Waals surface area (Å²) in [5.41, 5.74) is 3.00. The van der Waals surface area contributed by atoms with E-state index in [1.165, 1.54) is 5.52 Å². The van der Waals surface area contributed by atoms with Gasteiger partial charge in [0, 0.05) is 40.5 Å². The molecule has 1 N–H and O–H groups in total. The zero-order valence-corrected chi connectivity index (χ0v) is 15.4. The lowest BCUT2D eigenvalue weighted by Gasteiger charge is -2.13. The third kappa shape index (κ3) is 3.43. The molecule has 1 atom stereocenters. The van der Waals surface area contributed by atoms with Crippen LogP contribution < -0.4 is 5.32 Å². The molecule has 0 aliphatic heterocycles. The van der Waals surface area contributed by atoms with E-state index in [2.05, 4.69) is 28.9 Å². The summed E-state index contributed by atoms with van der Waals surface area (Å²) in [4.78, 5) is 23.9. The molecule has 136 valence electrons. The van der Waals surface area contributed by atoms with E-state index in [0.29, 0.717) is 18.5 Å². The number of rotatable bonds is 6. The minimum Gasteiger partial charge on any atom is -0.453 e. The predicted molar refractivity (Wildman–Crippen MR) is 104 cm³/mol. The number of fused-ring (bicyclic) bond motifs is 3. The summed E-state index contributed by atoms with van der Waals surface area (Å²) in [7, 11) is 0. The SMILES string of the molecule is CCCC(=O)OC(C)C(=O)Nc1ccc2c(c1)c1ccccc1n2CC. The highest BCUT2D eigenvalue weighted by molar-refractivity contribution is 6.10. The summed E-state index contributed by atoms with van der Waals surface area (Å²) in [5, 5.41) is 5.10. The number of aromatic nitrogens is 1. The van der Waals surface area contributed by atoms with Crippen molar-refractivity contribution in [3.8, 4) is 0 Å². The molecule has 1 heterocycles. The van der Waals surface area contributed by atoms with Gasteiger partial charge in [0.15, 0.2) is 6.10 Å². The molecule has 0 aliphatic rings. The standard InChI is InChI=1S/C21H24N2O3/c1-4-8-20(24)26-14(3)21(25)22-15-11-12-19-17(13-15)16-9-6-7-10-18(16)23(19)5-2/h6-7,9-14H,4-5,8H2,1-3H3,(H,22,25). The van der Waals surface area contributed by atoms with E-state index in [1.54, 1.807) is 6.92 Å². The van der Waals surface area contributed by atoms with Gasteiger partial charge in [-0.15, -0.1) is 0 Å². The first-order chi connectivity index (χ1) is 12.5. The number of hydrogen-bond donors (Lipinski definition) is 1. The largest absolute Gasteiger partial charge is 0.453 e. The van der Waals surface area contributed by atoms with Crippen LogP contribution in [-0.2, 0) is 20.9 Å². The second-order valence-electron chi connectivity index (χ2n) is 6.36. The maximum absolute atomic E-state index is 12.3. The van der Waals surface area contributed by atoms with Crippen molar-refractivity contribution in [2.45, 2.75) is 46.3 Å². The fourth-order valence-corrected chi connectivity index (χ4v) is 3.23. The van der Waals surface area contributed by atoms with Crippen LogP contribution in [0.2, 0.25) is 0 Å². The van der Waals surface area contributed by atoms with Gasteiger partial charge in [-0.3, -0.25) is 9.59 Å². The molecule has 1 unspecified atom stereocenters. The van der Waals surface area contributed by atoms with Gasteiger partial charge in [0.2, 0.25) is 0 Å². The molecular weight excluding hydrogens is 328 g/mol. The quantitative estimate of drug-likeness (QED) is 0.665. The summed E-state index contributed by atoms with van der Waals surface area (Å²) in [6.45, 7) is 6.48. The number of nitrogens with zero attached hydrogens (tertiary/aromatic N) is 1. The highest BCUT2D eigenvalue weighted by Gasteiger charge is 2.18. The minimum absolute atomic E-state index is 0.320. The molecule has 3 aromatic rings. The van der Waals surface area contributed by atoms with E-state index >= 15 is 0 Å². The summed E-state index contributed by atoms with van der Waals surface area (Å²) in [6.07, 6.45) is 0.201. The van der Waals surface area contributed by atoms with Gasteiger partial charge in [-0.05, 0) is 44.5 Å². The van der Waals surface area contributed by atoms with Crippen molar-refractivity contribution in [1.82, 2.24) is 4.57 Å². The van der Waals surface area contributed by atoms with Crippen LogP contribution in [0.15, 0.2) is 42.5 Å². The van der Waals surface area contributed by atoms with Crippen molar-refractivity contribution in [2.75, 3.05) is 5.32 Å². The third-order valence-electron chi connectivity index (χ3n) is 4.49. The predicted octanol–water partition coefficient (Wildman–Crippen LogP) is 4.48. The first kappa shape index (κ1) is 18.0. The second kappa shape index (κ2) is 7.60. The number of ether oxygens (including phenoxy) is 1. The maximum atomic E-state index is 12.3.